The standard InChI is InChI=1S/2C32H37.C2H7Si.2ClH.Zr/c2*1-8-9-22-20-29-27(23-10-14-25(15-11-23)31(2,3)4)18-19-28(30(29)21-22)24-12-16-26(17-13-24)32(5,6)7;1-3-2;;;/h2*10-21H,8-9H2,1-7H3;3H,1-2H3;2*1H;/q;;;;;+2/p-2. The van der Waals surface area contributed by atoms with Crippen LogP contribution < -0.4 is 0 Å². The van der Waals surface area contributed by atoms with E-state index in [-0.39, 0.29) is 28.9 Å². The molecule has 0 nitrogen and oxygen atoms in total. The molecule has 6 aromatic rings. The fourth-order valence-electron chi connectivity index (χ4n) is 11.8. The van der Waals surface area contributed by atoms with E-state index in [9.17, 15) is 17.0 Å². The Hall–Kier alpha value is -3.52. The molecule has 6 aromatic carbocycles. The third-order valence-electron chi connectivity index (χ3n) is 16.1. The second-order valence-electron chi connectivity index (χ2n) is 25.5. The third-order valence-corrected chi connectivity index (χ3v) is 67.8. The molecule has 2 aliphatic carbocycles. The Morgan fingerprint density at radius 1 is 0.386 bits per heavy atom. The van der Waals surface area contributed by atoms with E-state index in [4.69, 9.17) is 0 Å². The summed E-state index contributed by atoms with van der Waals surface area (Å²) in [6.07, 6.45) is 9.14. The van der Waals surface area contributed by atoms with E-state index in [2.05, 4.69) is 244 Å². The normalized spacial score (nSPS) is 17.0. The summed E-state index contributed by atoms with van der Waals surface area (Å²) in [5, 5.41) is 0. The van der Waals surface area contributed by atoms with Gasteiger partial charge in [0.25, 0.3) is 0 Å². The van der Waals surface area contributed by atoms with E-state index < -0.39 is 21.5 Å². The van der Waals surface area contributed by atoms with Crippen LogP contribution >= 0.6 is 17.0 Å². The summed E-state index contributed by atoms with van der Waals surface area (Å²) in [6, 6.07) is 47.2. The molecule has 0 bridgehead atoms. The van der Waals surface area contributed by atoms with Gasteiger partial charge in [0, 0.05) is 0 Å². The zero-order valence-electron chi connectivity index (χ0n) is 45.5. The molecule has 4 heteroatoms. The number of hydrogen-bond acceptors (Lipinski definition) is 0. The molecule has 0 saturated heterocycles. The Kier molecular flexibility index (Phi) is 14.4. The Morgan fingerprint density at radius 3 is 0.857 bits per heavy atom. The van der Waals surface area contributed by atoms with Crippen molar-refractivity contribution in [3.63, 3.8) is 0 Å². The van der Waals surface area contributed by atoms with Crippen LogP contribution in [0.1, 0.15) is 174 Å². The summed E-state index contributed by atoms with van der Waals surface area (Å²) >= 11 is -5.40. The quantitative estimate of drug-likeness (QED) is 0.113. The molecule has 70 heavy (non-hydrogen) atoms. The molecule has 367 valence electrons. The molecule has 2 atom stereocenters. The summed E-state index contributed by atoms with van der Waals surface area (Å²) in [4.78, 5) is 0. The molecule has 0 aromatic heterocycles. The predicted octanol–water partition coefficient (Wildman–Crippen LogP) is 20.7. The number of hydrogen-bond donors (Lipinski definition) is 0. The van der Waals surface area contributed by atoms with E-state index in [0.717, 1.165) is 25.7 Å². The number of rotatable bonds is 11. The number of fused-ring (bicyclic) bond motifs is 2. The number of halogens is 2. The summed E-state index contributed by atoms with van der Waals surface area (Å²) < 4.78 is -0.112. The topological polar surface area (TPSA) is 0 Å². The summed E-state index contributed by atoms with van der Waals surface area (Å²) in [6.45, 7) is 37.3. The number of benzene rings is 6. The molecule has 0 aliphatic heterocycles. The summed E-state index contributed by atoms with van der Waals surface area (Å²) in [7, 11) is 18.9. The monoisotopic (exact) mass is 1060 g/mol. The van der Waals surface area contributed by atoms with Crippen LogP contribution in [-0.4, -0.2) is 5.92 Å². The minimum atomic E-state index is -5.40. The zero-order chi connectivity index (χ0) is 51.0. The maximum absolute atomic E-state index is 9.44. The van der Waals surface area contributed by atoms with Gasteiger partial charge in [-0.3, -0.25) is 0 Å². The SMILES string of the molecule is CCCC1=Cc2c(-c3ccc(C(C)(C)C)cc3)ccc(-c3ccc(C(C)(C)C)cc3)c2[CH]1[Zr]([Cl])([Cl])([CH]1C(CCC)=Cc2c(-c3ccc(C(C)(C)C)cc3)ccc(-c3ccc(C(C)(C)C)cc3)c21)[SiH](C)C. The van der Waals surface area contributed by atoms with Crippen molar-refractivity contribution in [3.8, 4) is 44.5 Å². The minimum absolute atomic E-state index is 0.0449. The van der Waals surface area contributed by atoms with Gasteiger partial charge in [0.1, 0.15) is 0 Å². The van der Waals surface area contributed by atoms with E-state index in [1.165, 1.54) is 100 Å². The fraction of sp³-hybridized carbons (Fsp3) is 0.394. The van der Waals surface area contributed by atoms with E-state index in [1.54, 1.807) is 0 Å². The Bertz CT molecular complexity index is 2760. The first-order valence-electron chi connectivity index (χ1n) is 26.4. The van der Waals surface area contributed by atoms with Crippen LogP contribution in [0.25, 0.3) is 56.7 Å². The van der Waals surface area contributed by atoms with Crippen molar-refractivity contribution >= 4 is 35.1 Å². The average molecular weight is 1060 g/mol. The van der Waals surface area contributed by atoms with Gasteiger partial charge in [0.2, 0.25) is 0 Å². The van der Waals surface area contributed by atoms with Gasteiger partial charge in [0.15, 0.2) is 0 Å². The zero-order valence-corrected chi connectivity index (χ0v) is 50.6. The second kappa shape index (κ2) is 19.1. The van der Waals surface area contributed by atoms with Crippen molar-refractivity contribution < 1.29 is 15.6 Å². The Balaban J connectivity index is 1.46. The van der Waals surface area contributed by atoms with Gasteiger partial charge < -0.3 is 0 Å². The molecular formula is C66H81Cl2SiZr. The predicted molar refractivity (Wildman–Crippen MR) is 311 cm³/mol. The second-order valence-corrected chi connectivity index (χ2v) is 68.0. The van der Waals surface area contributed by atoms with Crippen LogP contribution in [0.15, 0.2) is 132 Å². The molecule has 0 radical (unpaired) electrons. The molecule has 0 fully saturated rings. The maximum atomic E-state index is 9.44. The molecule has 0 spiro atoms. The molecule has 0 N–H and O–H groups in total. The van der Waals surface area contributed by atoms with Crippen molar-refractivity contribution in [2.75, 3.05) is 0 Å². The third kappa shape index (κ3) is 9.60. The van der Waals surface area contributed by atoms with Gasteiger partial charge in [-0.1, -0.05) is 0 Å². The molecule has 2 aliphatic rings. The van der Waals surface area contributed by atoms with Crippen molar-refractivity contribution in [3.05, 3.63) is 177 Å². The van der Waals surface area contributed by atoms with E-state index in [0.29, 0.717) is 0 Å². The van der Waals surface area contributed by atoms with Gasteiger partial charge in [-0.25, -0.2) is 0 Å². The van der Waals surface area contributed by atoms with Crippen LogP contribution in [0, 0.1) is 0 Å². The van der Waals surface area contributed by atoms with E-state index in [1.807, 2.05) is 0 Å². The average Bonchev–Trinajstić information content (AvgIpc) is 3.88. The van der Waals surface area contributed by atoms with Crippen LogP contribution in [0.2, 0.25) is 13.1 Å². The van der Waals surface area contributed by atoms with Crippen LogP contribution in [-0.2, 0) is 37.2 Å². The fourth-order valence-corrected chi connectivity index (χ4v) is 43.1. The van der Waals surface area contributed by atoms with Crippen molar-refractivity contribution in [2.24, 2.45) is 0 Å². The van der Waals surface area contributed by atoms with Gasteiger partial charge >= 0.3 is 437 Å². The first-order valence-corrected chi connectivity index (χ1v) is 42.7. The van der Waals surface area contributed by atoms with Gasteiger partial charge in [-0.05, 0) is 0 Å². The van der Waals surface area contributed by atoms with Crippen molar-refractivity contribution in [2.45, 2.75) is 165 Å². The number of allylic oxidation sites excluding steroid dienone is 2. The van der Waals surface area contributed by atoms with Gasteiger partial charge in [-0.2, -0.15) is 0 Å². The Labute approximate surface area is 433 Å². The molecule has 2 unspecified atom stereocenters. The summed E-state index contributed by atoms with van der Waals surface area (Å²) in [5.74, 6) is -1.93. The first-order chi connectivity index (χ1) is 32.7. The first kappa shape index (κ1) is 52.8. The van der Waals surface area contributed by atoms with Crippen LogP contribution in [0.5, 0.6) is 0 Å². The van der Waals surface area contributed by atoms with E-state index >= 15 is 0 Å². The Morgan fingerprint density at radius 2 is 0.629 bits per heavy atom. The van der Waals surface area contributed by atoms with Gasteiger partial charge in [0.05, 0.1) is 0 Å². The van der Waals surface area contributed by atoms with Crippen LogP contribution in [0.4, 0.5) is 0 Å². The van der Waals surface area contributed by atoms with Crippen molar-refractivity contribution in [1.29, 1.82) is 0 Å². The molecule has 0 saturated carbocycles. The molecular weight excluding hydrogens is 983 g/mol. The molecule has 0 heterocycles. The van der Waals surface area contributed by atoms with Crippen LogP contribution in [0.3, 0.4) is 0 Å². The molecule has 0 amide bonds. The molecule has 8 rings (SSSR count). The van der Waals surface area contributed by atoms with Gasteiger partial charge in [-0.15, -0.1) is 0 Å². The van der Waals surface area contributed by atoms with Crippen molar-refractivity contribution in [1.82, 2.24) is 0 Å². The summed E-state index contributed by atoms with van der Waals surface area (Å²) in [5.41, 5.74) is 23.9.